The van der Waals surface area contributed by atoms with Crippen LogP contribution in [-0.4, -0.2) is 98.4 Å². The number of amides is 2. The molecule has 14 heteroatoms. The van der Waals surface area contributed by atoms with Gasteiger partial charge in [-0.2, -0.15) is 5.10 Å². The number of benzene rings is 1. The van der Waals surface area contributed by atoms with Gasteiger partial charge in [0.15, 0.2) is 17.4 Å². The topological polar surface area (TPSA) is 127 Å². The highest BCUT2D eigenvalue weighted by Crippen LogP contribution is 2.26. The Morgan fingerprint density at radius 1 is 1.05 bits per heavy atom. The molecule has 4 heterocycles. The van der Waals surface area contributed by atoms with Gasteiger partial charge in [-0.15, -0.1) is 22.6 Å². The van der Waals surface area contributed by atoms with Crippen LogP contribution in [-0.2, 0) is 16.1 Å². The number of halogens is 2. The molecule has 5 rings (SSSR count). The van der Waals surface area contributed by atoms with Crippen molar-refractivity contribution in [3.8, 4) is 5.82 Å². The van der Waals surface area contributed by atoms with E-state index in [1.54, 1.807) is 53.0 Å². The number of rotatable bonds is 11. The van der Waals surface area contributed by atoms with Crippen LogP contribution in [0, 0.1) is 6.92 Å². The summed E-state index contributed by atoms with van der Waals surface area (Å²) >= 11 is 6.29. The van der Waals surface area contributed by atoms with E-state index >= 15 is 0 Å². The van der Waals surface area contributed by atoms with Crippen molar-refractivity contribution >= 4 is 58.3 Å². The molecule has 2 amide bonds. The summed E-state index contributed by atoms with van der Waals surface area (Å²) in [5.41, 5.74) is 2.32. The van der Waals surface area contributed by atoms with Crippen molar-refractivity contribution in [2.45, 2.75) is 33.2 Å². The maximum Gasteiger partial charge on any atom is 0.259 e. The number of piperazine rings is 1. The number of nitrogens with one attached hydrogen (secondary N) is 1. The van der Waals surface area contributed by atoms with Gasteiger partial charge in [-0.05, 0) is 43.7 Å². The van der Waals surface area contributed by atoms with Gasteiger partial charge < -0.3 is 19.5 Å². The summed E-state index contributed by atoms with van der Waals surface area (Å²) in [7, 11) is 1.68. The first-order valence-corrected chi connectivity index (χ1v) is 14.7. The van der Waals surface area contributed by atoms with Gasteiger partial charge in [-0.25, -0.2) is 4.68 Å². The first-order valence-electron chi connectivity index (χ1n) is 14.3. The molecule has 0 bridgehead atoms. The quantitative estimate of drug-likeness (QED) is 0.243. The van der Waals surface area contributed by atoms with Gasteiger partial charge in [0.25, 0.3) is 5.91 Å². The zero-order chi connectivity index (χ0) is 30.5. The SMILES string of the molecule is CCCC(=O)c1cnn(-c2ccc(NC(=O)c3cn(CC(=O)N4CCN(CCOC)CC4)c4ccc(Cl)cc34)nn2)c1C.Cl. The lowest BCUT2D eigenvalue weighted by molar-refractivity contribution is -0.133. The van der Waals surface area contributed by atoms with E-state index in [1.807, 2.05) is 24.8 Å². The van der Waals surface area contributed by atoms with E-state index < -0.39 is 5.91 Å². The number of Topliss-reactive ketones (excluding diaryl/α,β-unsaturated/α-hetero) is 1. The molecule has 234 valence electrons. The molecule has 0 radical (unpaired) electrons. The van der Waals surface area contributed by atoms with Gasteiger partial charge in [0.2, 0.25) is 5.91 Å². The van der Waals surface area contributed by atoms with Crippen LogP contribution >= 0.6 is 24.0 Å². The van der Waals surface area contributed by atoms with E-state index in [0.29, 0.717) is 59.2 Å². The van der Waals surface area contributed by atoms with E-state index in [0.717, 1.165) is 31.6 Å². The Balaban J connectivity index is 0.00000442. The van der Waals surface area contributed by atoms with Crippen LogP contribution in [0.5, 0.6) is 0 Å². The summed E-state index contributed by atoms with van der Waals surface area (Å²) in [6, 6.07) is 8.56. The maximum atomic E-state index is 13.4. The molecule has 1 saturated heterocycles. The Labute approximate surface area is 266 Å². The molecule has 0 atom stereocenters. The second kappa shape index (κ2) is 14.8. The lowest BCUT2D eigenvalue weighted by Gasteiger charge is -2.34. The first-order chi connectivity index (χ1) is 20.8. The van der Waals surface area contributed by atoms with Gasteiger partial charge in [0, 0.05) is 68.4 Å². The minimum atomic E-state index is -0.407. The molecule has 4 aromatic rings. The molecule has 1 aromatic carbocycles. The van der Waals surface area contributed by atoms with Crippen molar-refractivity contribution in [2.24, 2.45) is 0 Å². The molecular weight excluding hydrogens is 607 g/mol. The van der Waals surface area contributed by atoms with Gasteiger partial charge in [-0.3, -0.25) is 19.3 Å². The third kappa shape index (κ3) is 7.27. The van der Waals surface area contributed by atoms with Crippen LogP contribution in [0.15, 0.2) is 42.7 Å². The summed E-state index contributed by atoms with van der Waals surface area (Å²) in [6.45, 7) is 8.25. The third-order valence-electron chi connectivity index (χ3n) is 7.63. The van der Waals surface area contributed by atoms with Crippen LogP contribution < -0.4 is 5.32 Å². The first kappa shape index (κ1) is 33.1. The molecule has 0 spiro atoms. The number of methoxy groups -OCH3 is 1. The van der Waals surface area contributed by atoms with Crippen LogP contribution in [0.2, 0.25) is 5.02 Å². The number of nitrogens with zero attached hydrogens (tertiary/aromatic N) is 7. The second-order valence-corrected chi connectivity index (χ2v) is 10.9. The van der Waals surface area contributed by atoms with Crippen molar-refractivity contribution in [3.05, 3.63) is 64.6 Å². The molecule has 1 N–H and O–H groups in total. The number of hydrogen-bond donors (Lipinski definition) is 1. The molecule has 3 aromatic heterocycles. The second-order valence-electron chi connectivity index (χ2n) is 10.5. The van der Waals surface area contributed by atoms with E-state index in [4.69, 9.17) is 16.3 Å². The molecule has 12 nitrogen and oxygen atoms in total. The minimum Gasteiger partial charge on any atom is -0.383 e. The monoisotopic (exact) mass is 642 g/mol. The summed E-state index contributed by atoms with van der Waals surface area (Å²) < 4.78 is 8.49. The Kier molecular flexibility index (Phi) is 11.1. The van der Waals surface area contributed by atoms with Crippen molar-refractivity contribution in [2.75, 3.05) is 51.8 Å². The van der Waals surface area contributed by atoms with Gasteiger partial charge in [-0.1, -0.05) is 18.5 Å². The van der Waals surface area contributed by atoms with Crippen molar-refractivity contribution < 1.29 is 19.1 Å². The third-order valence-corrected chi connectivity index (χ3v) is 7.86. The van der Waals surface area contributed by atoms with Crippen LogP contribution in [0.3, 0.4) is 0 Å². The fourth-order valence-electron chi connectivity index (χ4n) is 5.23. The molecule has 0 saturated carbocycles. The van der Waals surface area contributed by atoms with E-state index in [-0.39, 0.29) is 36.5 Å². The fraction of sp³-hybridized carbons (Fsp3) is 0.400. The summed E-state index contributed by atoms with van der Waals surface area (Å²) in [4.78, 5) is 43.1. The normalized spacial score (nSPS) is 13.6. The molecular formula is C30H36Cl2N8O4. The number of aromatic nitrogens is 5. The molecule has 0 aliphatic carbocycles. The smallest absolute Gasteiger partial charge is 0.259 e. The largest absolute Gasteiger partial charge is 0.383 e. The number of ketones is 1. The molecule has 0 unspecified atom stereocenters. The van der Waals surface area contributed by atoms with Gasteiger partial charge >= 0.3 is 0 Å². The van der Waals surface area contributed by atoms with Crippen LogP contribution in [0.4, 0.5) is 5.82 Å². The maximum absolute atomic E-state index is 13.4. The molecule has 1 aliphatic rings. The number of carbonyl (C=O) groups excluding carboxylic acids is 3. The minimum absolute atomic E-state index is 0. The Morgan fingerprint density at radius 3 is 2.50 bits per heavy atom. The fourth-order valence-corrected chi connectivity index (χ4v) is 5.40. The lowest BCUT2D eigenvalue weighted by atomic mass is 10.1. The van der Waals surface area contributed by atoms with Gasteiger partial charge in [0.05, 0.1) is 29.6 Å². The van der Waals surface area contributed by atoms with Crippen LogP contribution in [0.25, 0.3) is 16.7 Å². The average Bonchev–Trinajstić information content (AvgIpc) is 3.56. The zero-order valence-electron chi connectivity index (χ0n) is 25.0. The van der Waals surface area contributed by atoms with Crippen molar-refractivity contribution in [1.82, 2.24) is 34.3 Å². The van der Waals surface area contributed by atoms with Crippen molar-refractivity contribution in [3.63, 3.8) is 0 Å². The molecule has 1 fully saturated rings. The number of fused-ring (bicyclic) bond motifs is 1. The molecule has 44 heavy (non-hydrogen) atoms. The van der Waals surface area contributed by atoms with E-state index in [1.165, 1.54) is 0 Å². The predicted molar refractivity (Wildman–Crippen MR) is 170 cm³/mol. The summed E-state index contributed by atoms with van der Waals surface area (Å²) in [6.07, 6.45) is 4.42. The predicted octanol–water partition coefficient (Wildman–Crippen LogP) is 4.03. The lowest BCUT2D eigenvalue weighted by Crippen LogP contribution is -2.50. The van der Waals surface area contributed by atoms with E-state index in [9.17, 15) is 14.4 Å². The summed E-state index contributed by atoms with van der Waals surface area (Å²) in [5.74, 6) is 0.276. The van der Waals surface area contributed by atoms with Crippen LogP contribution in [0.1, 0.15) is 46.2 Å². The zero-order valence-corrected chi connectivity index (χ0v) is 26.5. The summed E-state index contributed by atoms with van der Waals surface area (Å²) in [5, 5.41) is 16.6. The number of anilines is 1. The highest BCUT2D eigenvalue weighted by Gasteiger charge is 2.23. The Bertz CT molecular complexity index is 1630. The average molecular weight is 644 g/mol. The van der Waals surface area contributed by atoms with Crippen molar-refractivity contribution in [1.29, 1.82) is 0 Å². The highest BCUT2D eigenvalue weighted by atomic mass is 35.5. The Hall–Kier alpha value is -3.84. The standard InChI is InChI=1S/C30H35ClN8O4.ClH/c1-4-5-26(40)23-17-32-39(20(23)2)28-9-8-27(34-35-28)33-30(42)24-18-38(25-7-6-21(31)16-22(24)25)19-29(41)37-12-10-36(11-13-37)14-15-43-3;/h6-9,16-18H,4-5,10-15,19H2,1-3H3,(H,33,34,42);1H. The number of ether oxygens (including phenoxy) is 1. The number of hydrogen-bond acceptors (Lipinski definition) is 8. The Morgan fingerprint density at radius 2 is 1.82 bits per heavy atom. The highest BCUT2D eigenvalue weighted by molar-refractivity contribution is 6.31. The van der Waals surface area contributed by atoms with E-state index in [2.05, 4.69) is 25.5 Å². The number of carbonyl (C=O) groups is 3. The van der Waals surface area contributed by atoms with Gasteiger partial charge in [0.1, 0.15) is 6.54 Å². The molecule has 1 aliphatic heterocycles.